The van der Waals surface area contributed by atoms with Gasteiger partial charge in [-0.05, 0) is 90.6 Å². The van der Waals surface area contributed by atoms with Crippen LogP contribution in [0, 0.1) is 46.2 Å². The van der Waals surface area contributed by atoms with Gasteiger partial charge in [0.15, 0.2) is 0 Å². The highest BCUT2D eigenvalue weighted by Crippen LogP contribution is 2.61. The number of unbranched alkanes of at least 4 members (excludes halogenated alkanes) is 1. The van der Waals surface area contributed by atoms with E-state index in [4.69, 9.17) is 18.2 Å². The lowest BCUT2D eigenvalue weighted by atomic mass is 9.97. The number of halogens is 1. The third kappa shape index (κ3) is 8.15. The number of thiophene rings is 1. The van der Waals surface area contributed by atoms with Crippen LogP contribution in [0.5, 0.6) is 11.5 Å². The molecular formula is C44H35FN4O2S4. The molecule has 11 heteroatoms. The molecule has 0 saturated heterocycles. The van der Waals surface area contributed by atoms with Crippen LogP contribution in [0.4, 0.5) is 4.39 Å². The van der Waals surface area contributed by atoms with Gasteiger partial charge < -0.3 is 9.47 Å². The molecule has 2 aromatic heterocycles. The second-order valence-electron chi connectivity index (χ2n) is 12.8. The van der Waals surface area contributed by atoms with Crippen LogP contribution < -0.4 is 9.47 Å². The molecule has 4 aromatic carbocycles. The lowest BCUT2D eigenvalue weighted by molar-refractivity contribution is 0.233. The van der Waals surface area contributed by atoms with Gasteiger partial charge in [0.2, 0.25) is 0 Å². The summed E-state index contributed by atoms with van der Waals surface area (Å²) in [6.45, 7) is 7.23. The summed E-state index contributed by atoms with van der Waals surface area (Å²) in [6.07, 6.45) is 4.70. The van der Waals surface area contributed by atoms with Crippen LogP contribution in [0.2, 0.25) is 0 Å². The zero-order valence-electron chi connectivity index (χ0n) is 30.4. The van der Waals surface area contributed by atoms with Gasteiger partial charge in [-0.3, -0.25) is 0 Å². The molecule has 1 atom stereocenters. The standard InChI is InChI=1S/C44H35FN4O2S4/c1-4-7-9-27(6-3)26-51-33-17-12-29(13-18-33)36-20-21-37(52-36)39-41-40(48-55-49-41)38(42-43(39)54-44(53-42)31(24-46)25-47)34-19-14-30(23-35(34)45)28-10-15-32(16-11-28)50-22-8-5-2/h10-21,23,27H,4,6-7,9,22,26H2,1-3H3. The SMILES string of the molecule is CC#CCOc1ccc(-c2ccc(-c3c4c(c(-c5ccc(-c6ccc(OCC(CC)CCCC)cc6)s5)c5nsnc35)SC(=C(C#N)C#N)S4)c(F)c2)cc1. The molecular weight excluding hydrogens is 764 g/mol. The molecule has 1 aliphatic heterocycles. The first-order valence-corrected chi connectivity index (χ1v) is 21.1. The van der Waals surface area contributed by atoms with Crippen molar-refractivity contribution >= 4 is 57.6 Å². The summed E-state index contributed by atoms with van der Waals surface area (Å²) >= 11 is 5.38. The van der Waals surface area contributed by atoms with Gasteiger partial charge in [-0.2, -0.15) is 19.3 Å². The molecule has 0 aliphatic carbocycles. The normalized spacial score (nSPS) is 12.4. The van der Waals surface area contributed by atoms with Crippen LogP contribution in [-0.4, -0.2) is 22.0 Å². The molecule has 1 aliphatic rings. The Labute approximate surface area is 337 Å². The first-order valence-electron chi connectivity index (χ1n) is 17.9. The van der Waals surface area contributed by atoms with E-state index in [1.165, 1.54) is 48.9 Å². The fourth-order valence-corrected chi connectivity index (χ4v) is 10.7. The monoisotopic (exact) mass is 798 g/mol. The minimum Gasteiger partial charge on any atom is -0.493 e. The highest BCUT2D eigenvalue weighted by Gasteiger charge is 2.33. The van der Waals surface area contributed by atoms with Gasteiger partial charge in [-0.15, -0.1) is 17.3 Å². The Morgan fingerprint density at radius 3 is 2.07 bits per heavy atom. The number of hydrogen-bond donors (Lipinski definition) is 0. The number of ether oxygens (including phenoxy) is 2. The third-order valence-corrected chi connectivity index (χ3v) is 13.7. The van der Waals surface area contributed by atoms with Gasteiger partial charge >= 0.3 is 0 Å². The zero-order valence-corrected chi connectivity index (χ0v) is 33.7. The minimum atomic E-state index is -0.416. The molecule has 0 spiro atoms. The van der Waals surface area contributed by atoms with Gasteiger partial charge in [0.1, 0.15) is 52.7 Å². The summed E-state index contributed by atoms with van der Waals surface area (Å²) in [5.41, 5.74) is 5.70. The number of nitriles is 2. The summed E-state index contributed by atoms with van der Waals surface area (Å²) in [4.78, 5) is 3.62. The smallest absolute Gasteiger partial charge is 0.150 e. The van der Waals surface area contributed by atoms with Crippen molar-refractivity contribution in [2.24, 2.45) is 5.92 Å². The van der Waals surface area contributed by atoms with E-state index < -0.39 is 5.82 Å². The molecule has 6 aromatic rings. The topological polar surface area (TPSA) is 91.8 Å². The Balaban J connectivity index is 1.24. The number of nitrogens with zero attached hydrogens (tertiary/aromatic N) is 4. The van der Waals surface area contributed by atoms with Crippen molar-refractivity contribution in [3.05, 3.63) is 94.5 Å². The number of rotatable bonds is 13. The second kappa shape index (κ2) is 17.6. The summed E-state index contributed by atoms with van der Waals surface area (Å²) in [5.74, 6) is 7.37. The Morgan fingerprint density at radius 2 is 1.42 bits per heavy atom. The summed E-state index contributed by atoms with van der Waals surface area (Å²) in [7, 11) is 0. The van der Waals surface area contributed by atoms with Crippen LogP contribution in [-0.2, 0) is 0 Å². The molecule has 3 heterocycles. The van der Waals surface area contributed by atoms with Crippen LogP contribution in [0.1, 0.15) is 46.5 Å². The van der Waals surface area contributed by atoms with E-state index in [0.29, 0.717) is 50.2 Å². The van der Waals surface area contributed by atoms with E-state index in [9.17, 15) is 10.5 Å². The molecule has 7 rings (SSSR count). The quantitative estimate of drug-likeness (QED) is 0.0842. The van der Waals surface area contributed by atoms with Crippen molar-refractivity contribution in [2.45, 2.75) is 56.2 Å². The highest BCUT2D eigenvalue weighted by molar-refractivity contribution is 8.25. The van der Waals surface area contributed by atoms with Crippen LogP contribution >= 0.6 is 46.6 Å². The van der Waals surface area contributed by atoms with Crippen molar-refractivity contribution in [2.75, 3.05) is 13.2 Å². The lowest BCUT2D eigenvalue weighted by Crippen LogP contribution is -2.11. The van der Waals surface area contributed by atoms with Crippen molar-refractivity contribution in [1.29, 1.82) is 10.5 Å². The molecule has 0 bridgehead atoms. The van der Waals surface area contributed by atoms with Gasteiger partial charge in [-0.25, -0.2) is 4.39 Å². The average Bonchev–Trinajstić information content (AvgIpc) is 4.00. The average molecular weight is 799 g/mol. The van der Waals surface area contributed by atoms with E-state index in [2.05, 4.69) is 50.0 Å². The highest BCUT2D eigenvalue weighted by atomic mass is 32.2. The first kappa shape index (κ1) is 38.2. The van der Waals surface area contributed by atoms with Gasteiger partial charge in [0.25, 0.3) is 0 Å². The molecule has 1 unspecified atom stereocenters. The number of aromatic nitrogens is 2. The van der Waals surface area contributed by atoms with Crippen molar-refractivity contribution in [3.63, 3.8) is 0 Å². The van der Waals surface area contributed by atoms with E-state index in [-0.39, 0.29) is 5.57 Å². The van der Waals surface area contributed by atoms with Crippen LogP contribution in [0.3, 0.4) is 0 Å². The molecule has 274 valence electrons. The Hall–Kier alpha value is -5.09. The number of allylic oxidation sites excluding steroid dienone is 1. The third-order valence-electron chi connectivity index (χ3n) is 9.37. The largest absolute Gasteiger partial charge is 0.493 e. The first-order chi connectivity index (χ1) is 27.0. The predicted octanol–water partition coefficient (Wildman–Crippen LogP) is 13.0. The summed E-state index contributed by atoms with van der Waals surface area (Å²) in [6, 6.07) is 29.1. The molecule has 0 amide bonds. The van der Waals surface area contributed by atoms with Crippen molar-refractivity contribution in [3.8, 4) is 78.6 Å². The van der Waals surface area contributed by atoms with E-state index in [1.807, 2.05) is 54.6 Å². The Morgan fingerprint density at radius 1 is 0.782 bits per heavy atom. The van der Waals surface area contributed by atoms with Crippen molar-refractivity contribution < 1.29 is 13.9 Å². The number of benzene rings is 4. The molecule has 55 heavy (non-hydrogen) atoms. The maximum atomic E-state index is 16.4. The minimum absolute atomic E-state index is 0.0151. The lowest BCUT2D eigenvalue weighted by Gasteiger charge is -2.15. The number of hydrogen-bond acceptors (Lipinski definition) is 10. The number of thioether (sulfide) groups is 2. The van der Waals surface area contributed by atoms with Gasteiger partial charge in [0, 0.05) is 36.2 Å². The van der Waals surface area contributed by atoms with E-state index >= 15 is 4.39 Å². The Kier molecular flexibility index (Phi) is 12.2. The maximum Gasteiger partial charge on any atom is 0.150 e. The maximum absolute atomic E-state index is 16.4. The fraction of sp³-hybridized carbons (Fsp3) is 0.227. The fourth-order valence-electron chi connectivity index (χ4n) is 6.34. The predicted molar refractivity (Wildman–Crippen MR) is 225 cm³/mol. The number of fused-ring (bicyclic) bond motifs is 2. The van der Waals surface area contributed by atoms with Gasteiger partial charge in [-0.1, -0.05) is 86.8 Å². The molecule has 0 radical (unpaired) electrons. The van der Waals surface area contributed by atoms with Gasteiger partial charge in [0.05, 0.1) is 22.6 Å². The van der Waals surface area contributed by atoms with Crippen molar-refractivity contribution in [1.82, 2.24) is 8.75 Å². The summed E-state index contributed by atoms with van der Waals surface area (Å²) in [5, 5.41) is 19.7. The zero-order chi connectivity index (χ0) is 38.3. The molecule has 0 fully saturated rings. The van der Waals surface area contributed by atoms with Crippen LogP contribution in [0.25, 0.3) is 54.2 Å². The van der Waals surface area contributed by atoms with E-state index in [0.717, 1.165) is 66.7 Å². The molecule has 0 N–H and O–H groups in total. The Bertz CT molecular complexity index is 2520. The van der Waals surface area contributed by atoms with E-state index in [1.54, 1.807) is 24.3 Å². The van der Waals surface area contributed by atoms with Crippen LogP contribution in [0.15, 0.2) is 98.5 Å². The molecule has 6 nitrogen and oxygen atoms in total. The molecule has 0 saturated carbocycles. The summed E-state index contributed by atoms with van der Waals surface area (Å²) < 4.78 is 38.2. The second-order valence-corrected chi connectivity index (χ2v) is 16.7.